The molecule has 0 atom stereocenters. The molecule has 10 heteroatoms. The Morgan fingerprint density at radius 1 is 1.13 bits per heavy atom. The lowest BCUT2D eigenvalue weighted by molar-refractivity contribution is -0.137. The van der Waals surface area contributed by atoms with Crippen molar-refractivity contribution in [3.63, 3.8) is 0 Å². The Bertz CT molecular complexity index is 956. The van der Waals surface area contributed by atoms with E-state index in [0.29, 0.717) is 6.29 Å². The van der Waals surface area contributed by atoms with Crippen LogP contribution in [0.3, 0.4) is 0 Å². The van der Waals surface area contributed by atoms with Gasteiger partial charge in [0.05, 0.1) is 11.3 Å². The number of oxime groups is 2. The Labute approximate surface area is 168 Å². The Kier molecular flexibility index (Phi) is 7.62. The van der Waals surface area contributed by atoms with Gasteiger partial charge in [0.25, 0.3) is 6.43 Å². The molecule has 160 valence electrons. The van der Waals surface area contributed by atoms with Gasteiger partial charge in [-0.25, -0.2) is 8.78 Å². The summed E-state index contributed by atoms with van der Waals surface area (Å²) in [5.74, 6) is 0. The molecule has 0 spiro atoms. The molecule has 0 N–H and O–H groups in total. The van der Waals surface area contributed by atoms with E-state index in [9.17, 15) is 26.7 Å². The van der Waals surface area contributed by atoms with Crippen molar-refractivity contribution in [1.29, 1.82) is 0 Å². The van der Waals surface area contributed by atoms with Gasteiger partial charge in [0.15, 0.2) is 6.29 Å². The van der Waals surface area contributed by atoms with Crippen LogP contribution in [0, 0.1) is 0 Å². The van der Waals surface area contributed by atoms with Gasteiger partial charge in [-0.3, -0.25) is 4.79 Å². The molecule has 2 aromatic carbocycles. The summed E-state index contributed by atoms with van der Waals surface area (Å²) in [6.45, 7) is 0.946. The van der Waals surface area contributed by atoms with Crippen LogP contribution in [0.1, 0.15) is 41.2 Å². The maximum atomic E-state index is 13.4. The molecule has 2 rings (SSSR count). The monoisotopic (exact) mass is 428 g/mol. The highest BCUT2D eigenvalue weighted by Gasteiger charge is 2.30. The predicted octanol–water partition coefficient (Wildman–Crippen LogP) is 5.13. The molecule has 0 aliphatic rings. The van der Waals surface area contributed by atoms with Crippen molar-refractivity contribution < 1.29 is 36.4 Å². The fourth-order valence-corrected chi connectivity index (χ4v) is 2.61. The minimum Gasteiger partial charge on any atom is -0.399 e. The first kappa shape index (κ1) is 23.0. The van der Waals surface area contributed by atoms with Gasteiger partial charge in [-0.1, -0.05) is 40.6 Å². The van der Waals surface area contributed by atoms with E-state index < -0.39 is 30.3 Å². The van der Waals surface area contributed by atoms with E-state index in [4.69, 9.17) is 4.84 Å². The van der Waals surface area contributed by atoms with Crippen molar-refractivity contribution >= 4 is 17.7 Å². The molecule has 0 saturated heterocycles. The van der Waals surface area contributed by atoms with Crippen LogP contribution in [0.5, 0.6) is 0 Å². The maximum Gasteiger partial charge on any atom is 0.416 e. The summed E-state index contributed by atoms with van der Waals surface area (Å²) < 4.78 is 65.4. The minimum absolute atomic E-state index is 0.0454. The van der Waals surface area contributed by atoms with E-state index in [1.54, 1.807) is 0 Å². The largest absolute Gasteiger partial charge is 0.416 e. The third kappa shape index (κ3) is 5.62. The SMILES string of the molecule is CO/N=C(/C=O)c1cccc(C(F)F)c1CO/N=C(\C)c1cccc(C(F)(F)F)c1. The molecule has 0 bridgehead atoms. The van der Waals surface area contributed by atoms with E-state index in [2.05, 4.69) is 15.1 Å². The highest BCUT2D eigenvalue weighted by atomic mass is 19.4. The Morgan fingerprint density at radius 2 is 1.83 bits per heavy atom. The van der Waals surface area contributed by atoms with E-state index in [-0.39, 0.29) is 28.1 Å². The van der Waals surface area contributed by atoms with Crippen molar-refractivity contribution in [1.82, 2.24) is 0 Å². The van der Waals surface area contributed by atoms with Crippen LogP contribution < -0.4 is 0 Å². The van der Waals surface area contributed by atoms with Gasteiger partial charge in [-0.15, -0.1) is 0 Å². The van der Waals surface area contributed by atoms with E-state index in [0.717, 1.165) is 18.2 Å². The fraction of sp³-hybridized carbons (Fsp3) is 0.250. The van der Waals surface area contributed by atoms with Gasteiger partial charge >= 0.3 is 6.18 Å². The topological polar surface area (TPSA) is 60.2 Å². The number of hydrogen-bond donors (Lipinski definition) is 0. The summed E-state index contributed by atoms with van der Waals surface area (Å²) in [5, 5.41) is 7.23. The third-order valence-electron chi connectivity index (χ3n) is 4.04. The molecule has 0 amide bonds. The van der Waals surface area contributed by atoms with Gasteiger partial charge in [-0.05, 0) is 24.6 Å². The lowest BCUT2D eigenvalue weighted by Gasteiger charge is -2.13. The summed E-state index contributed by atoms with van der Waals surface area (Å²) in [4.78, 5) is 20.9. The molecule has 0 radical (unpaired) electrons. The van der Waals surface area contributed by atoms with Gasteiger partial charge in [0.2, 0.25) is 0 Å². The lowest BCUT2D eigenvalue weighted by Crippen LogP contribution is -2.11. The normalized spacial score (nSPS) is 12.8. The Hall–Kier alpha value is -3.30. The lowest BCUT2D eigenvalue weighted by atomic mass is 9.98. The van der Waals surface area contributed by atoms with Crippen LogP contribution in [0.15, 0.2) is 52.8 Å². The number of carbonyl (C=O) groups is 1. The molecule has 0 aliphatic carbocycles. The average molecular weight is 428 g/mol. The average Bonchev–Trinajstić information content (AvgIpc) is 2.71. The molecule has 5 nitrogen and oxygen atoms in total. The number of halogens is 5. The molecule has 0 aromatic heterocycles. The minimum atomic E-state index is -4.52. The second-order valence-electron chi connectivity index (χ2n) is 5.98. The molecule has 0 fully saturated rings. The number of nitrogens with zero attached hydrogens (tertiary/aromatic N) is 2. The van der Waals surface area contributed by atoms with Crippen molar-refractivity contribution in [2.45, 2.75) is 26.1 Å². The van der Waals surface area contributed by atoms with Crippen LogP contribution in [0.2, 0.25) is 0 Å². The number of rotatable bonds is 8. The highest BCUT2D eigenvalue weighted by molar-refractivity contribution is 6.36. The molecule has 2 aromatic rings. The zero-order valence-electron chi connectivity index (χ0n) is 15.9. The number of hydrogen-bond acceptors (Lipinski definition) is 5. The van der Waals surface area contributed by atoms with Gasteiger partial charge in [0, 0.05) is 16.7 Å². The van der Waals surface area contributed by atoms with E-state index in [1.807, 2.05) is 0 Å². The maximum absolute atomic E-state index is 13.4. The van der Waals surface area contributed by atoms with Crippen LogP contribution in [-0.4, -0.2) is 24.8 Å². The van der Waals surface area contributed by atoms with Crippen LogP contribution >= 0.6 is 0 Å². The molecule has 0 unspecified atom stereocenters. The quantitative estimate of drug-likeness (QED) is 0.253. The summed E-state index contributed by atoms with van der Waals surface area (Å²) in [5.41, 5.74) is -1.19. The number of benzene rings is 2. The molecular weight excluding hydrogens is 411 g/mol. The van der Waals surface area contributed by atoms with Gasteiger partial charge in [0.1, 0.15) is 19.4 Å². The third-order valence-corrected chi connectivity index (χ3v) is 4.04. The fourth-order valence-electron chi connectivity index (χ4n) is 2.61. The van der Waals surface area contributed by atoms with Crippen molar-refractivity contribution in [3.05, 3.63) is 70.3 Å². The Morgan fingerprint density at radius 3 is 2.43 bits per heavy atom. The summed E-state index contributed by atoms with van der Waals surface area (Å²) in [7, 11) is 1.19. The molecular formula is C20H17F5N2O3. The zero-order valence-corrected chi connectivity index (χ0v) is 15.9. The van der Waals surface area contributed by atoms with Gasteiger partial charge in [-0.2, -0.15) is 13.2 Å². The summed E-state index contributed by atoms with van der Waals surface area (Å²) >= 11 is 0. The van der Waals surface area contributed by atoms with Crippen LogP contribution in [0.4, 0.5) is 22.0 Å². The number of alkyl halides is 5. The molecule has 0 aliphatic heterocycles. The van der Waals surface area contributed by atoms with Crippen LogP contribution in [-0.2, 0) is 27.3 Å². The smallest absolute Gasteiger partial charge is 0.399 e. The zero-order chi connectivity index (χ0) is 22.3. The second kappa shape index (κ2) is 9.95. The van der Waals surface area contributed by atoms with Crippen molar-refractivity contribution in [3.8, 4) is 0 Å². The van der Waals surface area contributed by atoms with Crippen molar-refractivity contribution in [2.24, 2.45) is 10.3 Å². The molecule has 0 heterocycles. The first-order chi connectivity index (χ1) is 14.2. The first-order valence-corrected chi connectivity index (χ1v) is 8.49. The predicted molar refractivity (Wildman–Crippen MR) is 99.5 cm³/mol. The number of carbonyl (C=O) groups excluding carboxylic acids is 1. The standard InChI is InChI=1S/C20H17F5N2O3/c1-12(13-5-3-6-14(9-13)20(23,24)25)26-30-11-17-15(18(10-28)27-29-2)7-4-8-16(17)19(21)22/h3-10,19H,11H2,1-2H3/b26-12+,27-18-. The summed E-state index contributed by atoms with van der Waals surface area (Å²) in [6, 6.07) is 8.32. The van der Waals surface area contributed by atoms with Crippen molar-refractivity contribution in [2.75, 3.05) is 7.11 Å². The second-order valence-corrected chi connectivity index (χ2v) is 5.98. The number of aldehydes is 1. The Balaban J connectivity index is 2.33. The van der Waals surface area contributed by atoms with E-state index in [1.165, 1.54) is 38.3 Å². The summed E-state index contributed by atoms with van der Waals surface area (Å²) in [6.07, 6.45) is -7.05. The highest BCUT2D eigenvalue weighted by Crippen LogP contribution is 2.30. The molecule has 0 saturated carbocycles. The first-order valence-electron chi connectivity index (χ1n) is 8.49. The van der Waals surface area contributed by atoms with Gasteiger partial charge < -0.3 is 9.68 Å². The van der Waals surface area contributed by atoms with E-state index >= 15 is 0 Å². The molecule has 30 heavy (non-hydrogen) atoms. The van der Waals surface area contributed by atoms with Crippen LogP contribution in [0.25, 0.3) is 0 Å².